The maximum Gasteiger partial charge on any atom is 0.143 e. The predicted molar refractivity (Wildman–Crippen MR) is 218 cm³/mol. The highest BCUT2D eigenvalue weighted by Crippen LogP contribution is 2.48. The van der Waals surface area contributed by atoms with Crippen LogP contribution >= 0.6 is 0 Å². The van der Waals surface area contributed by atoms with Gasteiger partial charge in [-0.1, -0.05) is 170 Å². The molecule has 1 heterocycles. The number of benzene rings is 10. The summed E-state index contributed by atoms with van der Waals surface area (Å²) in [5, 5.41) is 14.7. The van der Waals surface area contributed by atoms with Crippen LogP contribution in [0.4, 0.5) is 0 Å². The highest BCUT2D eigenvalue weighted by atomic mass is 16.3. The van der Waals surface area contributed by atoms with E-state index < -0.39 is 0 Å². The van der Waals surface area contributed by atoms with Gasteiger partial charge in [-0.3, -0.25) is 0 Å². The topological polar surface area (TPSA) is 13.1 Å². The molecule has 1 heteroatoms. The molecule has 0 amide bonds. The van der Waals surface area contributed by atoms with E-state index in [-0.39, 0.29) is 0 Å². The third kappa shape index (κ3) is 4.09. The first kappa shape index (κ1) is 28.2. The van der Waals surface area contributed by atoms with Gasteiger partial charge in [0.05, 0.1) is 0 Å². The number of hydrogen-bond acceptors (Lipinski definition) is 1. The molecule has 0 saturated heterocycles. The van der Waals surface area contributed by atoms with Gasteiger partial charge in [-0.2, -0.15) is 0 Å². The molecule has 0 atom stereocenters. The maximum absolute atomic E-state index is 6.47. The fourth-order valence-corrected chi connectivity index (χ4v) is 8.67. The third-order valence-corrected chi connectivity index (χ3v) is 10.9. The molecule has 236 valence electrons. The van der Waals surface area contributed by atoms with Crippen LogP contribution in [0.1, 0.15) is 0 Å². The average Bonchev–Trinajstić information content (AvgIpc) is 3.58. The molecule has 0 aliphatic rings. The Labute approximate surface area is 294 Å². The van der Waals surface area contributed by atoms with Crippen LogP contribution in [-0.2, 0) is 0 Å². The van der Waals surface area contributed by atoms with Gasteiger partial charge < -0.3 is 4.42 Å². The summed E-state index contributed by atoms with van der Waals surface area (Å²) in [6.45, 7) is 0. The average molecular weight is 647 g/mol. The van der Waals surface area contributed by atoms with Crippen LogP contribution in [0.15, 0.2) is 186 Å². The highest BCUT2D eigenvalue weighted by molar-refractivity contribution is 6.26. The minimum Gasteiger partial charge on any atom is -0.455 e. The molecule has 0 spiro atoms. The Balaban J connectivity index is 1.23. The number of rotatable bonds is 3. The second-order valence-electron chi connectivity index (χ2n) is 13.5. The molecule has 0 aliphatic heterocycles. The molecule has 51 heavy (non-hydrogen) atoms. The Morgan fingerprint density at radius 2 is 0.686 bits per heavy atom. The fourth-order valence-electron chi connectivity index (χ4n) is 8.67. The molecule has 1 nitrogen and oxygen atoms in total. The molecule has 11 aromatic rings. The van der Waals surface area contributed by atoms with Crippen LogP contribution in [0.25, 0.3) is 109 Å². The van der Waals surface area contributed by atoms with Crippen LogP contribution in [0.3, 0.4) is 0 Å². The molecule has 0 unspecified atom stereocenters. The second-order valence-corrected chi connectivity index (χ2v) is 13.5. The summed E-state index contributed by atoms with van der Waals surface area (Å²) >= 11 is 0. The summed E-state index contributed by atoms with van der Waals surface area (Å²) in [6, 6.07) is 66.3. The van der Waals surface area contributed by atoms with Crippen molar-refractivity contribution in [1.29, 1.82) is 0 Å². The third-order valence-electron chi connectivity index (χ3n) is 10.9. The predicted octanol–water partition coefficient (Wildman–Crippen LogP) is 14.4. The van der Waals surface area contributed by atoms with E-state index in [0.717, 1.165) is 27.3 Å². The van der Waals surface area contributed by atoms with E-state index in [9.17, 15) is 0 Å². The van der Waals surface area contributed by atoms with Gasteiger partial charge in [0.2, 0.25) is 0 Å². The molecule has 0 radical (unpaired) electrons. The Hall–Kier alpha value is -6.70. The van der Waals surface area contributed by atoms with Crippen molar-refractivity contribution in [3.8, 4) is 33.4 Å². The van der Waals surface area contributed by atoms with Crippen molar-refractivity contribution in [3.63, 3.8) is 0 Å². The maximum atomic E-state index is 6.47. The lowest BCUT2D eigenvalue weighted by Gasteiger charge is -2.20. The summed E-state index contributed by atoms with van der Waals surface area (Å²) in [6.07, 6.45) is 0. The fraction of sp³-hybridized carbons (Fsp3) is 0. The van der Waals surface area contributed by atoms with E-state index in [1.54, 1.807) is 0 Å². The lowest BCUT2D eigenvalue weighted by Crippen LogP contribution is -1.93. The number of hydrogen-bond donors (Lipinski definition) is 0. The van der Waals surface area contributed by atoms with E-state index in [1.165, 1.54) is 81.9 Å². The van der Waals surface area contributed by atoms with Crippen LogP contribution in [0, 0.1) is 0 Å². The quantitative estimate of drug-likeness (QED) is 0.174. The molecular formula is C50H30O. The van der Waals surface area contributed by atoms with Crippen molar-refractivity contribution < 1.29 is 4.42 Å². The summed E-state index contributed by atoms with van der Waals surface area (Å²) in [5.41, 5.74) is 9.36. The molecule has 10 aromatic carbocycles. The molecular weight excluding hydrogens is 617 g/mol. The molecule has 0 N–H and O–H groups in total. The molecule has 0 fully saturated rings. The van der Waals surface area contributed by atoms with Gasteiger partial charge in [0.1, 0.15) is 11.2 Å². The Bertz CT molecular complexity index is 3130. The SMILES string of the molecule is c1ccc2c(-c3c4ccccc4c(-c4ccc(-c5cc6c7ccccc7oc6c6ccccc56)c5ccccc45)c4ccccc34)cccc2c1. The van der Waals surface area contributed by atoms with Crippen LogP contribution in [-0.4, -0.2) is 0 Å². The molecule has 11 rings (SSSR count). The lowest BCUT2D eigenvalue weighted by atomic mass is 9.82. The van der Waals surface area contributed by atoms with Crippen molar-refractivity contribution in [3.05, 3.63) is 182 Å². The van der Waals surface area contributed by atoms with Crippen LogP contribution in [0.2, 0.25) is 0 Å². The Morgan fingerprint density at radius 3 is 1.33 bits per heavy atom. The summed E-state index contributed by atoms with van der Waals surface area (Å²) in [5.74, 6) is 0. The van der Waals surface area contributed by atoms with E-state index in [4.69, 9.17) is 4.42 Å². The standard InChI is InChI=1S/C50H30O/c1-2-16-32-31(14-1)15-13-26-38(32)48-39-21-6-8-23-41(39)49(42-24-9-7-22-40(42)48)43-29-28-36(33-17-3-4-18-34(33)43)45-30-46-37-20-11-12-27-47(37)51-50(46)44-25-10-5-19-35(44)45/h1-30H. The van der Waals surface area contributed by atoms with Crippen molar-refractivity contribution in [2.24, 2.45) is 0 Å². The van der Waals surface area contributed by atoms with Gasteiger partial charge in [-0.25, -0.2) is 0 Å². The van der Waals surface area contributed by atoms with Gasteiger partial charge in [0.15, 0.2) is 0 Å². The first-order valence-electron chi connectivity index (χ1n) is 17.6. The zero-order chi connectivity index (χ0) is 33.5. The smallest absolute Gasteiger partial charge is 0.143 e. The van der Waals surface area contributed by atoms with Crippen molar-refractivity contribution in [2.45, 2.75) is 0 Å². The first-order valence-corrected chi connectivity index (χ1v) is 17.6. The monoisotopic (exact) mass is 646 g/mol. The zero-order valence-electron chi connectivity index (χ0n) is 27.7. The van der Waals surface area contributed by atoms with Gasteiger partial charge in [-0.05, 0) is 94.0 Å². The first-order chi connectivity index (χ1) is 25.3. The molecule has 0 saturated carbocycles. The van der Waals surface area contributed by atoms with E-state index in [1.807, 2.05) is 6.07 Å². The van der Waals surface area contributed by atoms with Crippen LogP contribution < -0.4 is 0 Å². The molecule has 1 aromatic heterocycles. The van der Waals surface area contributed by atoms with Gasteiger partial charge >= 0.3 is 0 Å². The van der Waals surface area contributed by atoms with Gasteiger partial charge in [0.25, 0.3) is 0 Å². The van der Waals surface area contributed by atoms with Gasteiger partial charge in [0, 0.05) is 16.2 Å². The summed E-state index contributed by atoms with van der Waals surface area (Å²) < 4.78 is 6.47. The Morgan fingerprint density at radius 1 is 0.255 bits per heavy atom. The van der Waals surface area contributed by atoms with E-state index in [0.29, 0.717) is 0 Å². The highest BCUT2D eigenvalue weighted by Gasteiger charge is 2.21. The minimum atomic E-state index is 0.917. The van der Waals surface area contributed by atoms with Gasteiger partial charge in [-0.15, -0.1) is 0 Å². The van der Waals surface area contributed by atoms with Crippen molar-refractivity contribution >= 4 is 75.8 Å². The minimum absolute atomic E-state index is 0.917. The number of fused-ring (bicyclic) bond motifs is 9. The van der Waals surface area contributed by atoms with Crippen molar-refractivity contribution in [1.82, 2.24) is 0 Å². The van der Waals surface area contributed by atoms with Crippen molar-refractivity contribution in [2.75, 3.05) is 0 Å². The second kappa shape index (κ2) is 10.9. The zero-order valence-corrected chi connectivity index (χ0v) is 27.7. The van der Waals surface area contributed by atoms with E-state index >= 15 is 0 Å². The summed E-state index contributed by atoms with van der Waals surface area (Å²) in [4.78, 5) is 0. The number of para-hydroxylation sites is 1. The number of furan rings is 1. The summed E-state index contributed by atoms with van der Waals surface area (Å²) in [7, 11) is 0. The normalized spacial score (nSPS) is 11.9. The van der Waals surface area contributed by atoms with Crippen LogP contribution in [0.5, 0.6) is 0 Å². The Kier molecular flexibility index (Phi) is 6.02. The lowest BCUT2D eigenvalue weighted by molar-refractivity contribution is 0.672. The molecule has 0 aliphatic carbocycles. The van der Waals surface area contributed by atoms with E-state index in [2.05, 4.69) is 176 Å². The largest absolute Gasteiger partial charge is 0.455 e. The molecule has 0 bridgehead atoms.